The molecule has 8 heteroatoms. The fourth-order valence-corrected chi connectivity index (χ4v) is 3.95. The average molecular weight is 441 g/mol. The number of carbonyl (C=O) groups excluding carboxylic acids is 1. The first-order valence-corrected chi connectivity index (χ1v) is 10.6. The van der Waals surface area contributed by atoms with E-state index in [1.165, 1.54) is 18.1 Å². The Morgan fingerprint density at radius 1 is 1.06 bits per heavy atom. The Morgan fingerprint density at radius 2 is 1.94 bits per heavy atom. The van der Waals surface area contributed by atoms with Gasteiger partial charge in [-0.2, -0.15) is 5.10 Å². The highest BCUT2D eigenvalue weighted by atomic mass is 16.5. The molecular weight excluding hydrogens is 418 g/mol. The van der Waals surface area contributed by atoms with Gasteiger partial charge in [-0.05, 0) is 41.8 Å². The predicted molar refractivity (Wildman–Crippen MR) is 126 cm³/mol. The zero-order chi connectivity index (χ0) is 22.8. The number of H-pyrrole nitrogens is 2. The molecule has 0 amide bonds. The number of esters is 1. The molecule has 0 spiro atoms. The molecule has 5 rings (SSSR count). The van der Waals surface area contributed by atoms with Gasteiger partial charge in [0.05, 0.1) is 18.8 Å². The van der Waals surface area contributed by atoms with E-state index in [1.54, 1.807) is 12.4 Å². The molecule has 0 aliphatic carbocycles. The number of nitrogens with zero attached hydrogens (tertiary/aromatic N) is 2. The highest BCUT2D eigenvalue weighted by Gasteiger charge is 2.15. The summed E-state index contributed by atoms with van der Waals surface area (Å²) in [4.78, 5) is 19.6. The normalized spacial score (nSPS) is 12.2. The van der Waals surface area contributed by atoms with Crippen molar-refractivity contribution in [2.45, 2.75) is 12.5 Å². The molecule has 0 saturated heterocycles. The zero-order valence-corrected chi connectivity index (χ0v) is 18.0. The molecule has 166 valence electrons. The molecule has 8 nitrogen and oxygen atoms in total. The summed E-state index contributed by atoms with van der Waals surface area (Å²) in [5, 5.41) is 8.77. The first-order valence-electron chi connectivity index (χ1n) is 10.6. The predicted octanol–water partition coefficient (Wildman–Crippen LogP) is 3.84. The van der Waals surface area contributed by atoms with Crippen molar-refractivity contribution < 1.29 is 14.3 Å². The van der Waals surface area contributed by atoms with Crippen LogP contribution in [0.5, 0.6) is 5.75 Å². The SMILES string of the molecule is COC(=O)c1n[nH]c2ccc(-c3cncc(OC[C@@H](N)Cc4c[nH]c5ccccc45)c3)cc12. The fourth-order valence-electron chi connectivity index (χ4n) is 3.95. The van der Waals surface area contributed by atoms with E-state index in [0.717, 1.165) is 22.2 Å². The monoisotopic (exact) mass is 441 g/mol. The second kappa shape index (κ2) is 8.76. The van der Waals surface area contributed by atoms with Crippen LogP contribution in [0.15, 0.2) is 67.1 Å². The van der Waals surface area contributed by atoms with Gasteiger partial charge in [0.25, 0.3) is 0 Å². The van der Waals surface area contributed by atoms with Crippen molar-refractivity contribution in [1.82, 2.24) is 20.2 Å². The van der Waals surface area contributed by atoms with Crippen molar-refractivity contribution in [3.8, 4) is 16.9 Å². The molecule has 0 aliphatic heterocycles. The highest BCUT2D eigenvalue weighted by molar-refractivity contribution is 6.03. The summed E-state index contributed by atoms with van der Waals surface area (Å²) in [6.45, 7) is 0.359. The van der Waals surface area contributed by atoms with Crippen LogP contribution in [0.1, 0.15) is 16.1 Å². The van der Waals surface area contributed by atoms with Crippen LogP contribution in [0.4, 0.5) is 0 Å². The molecule has 0 bridgehead atoms. The van der Waals surface area contributed by atoms with Gasteiger partial charge in [0.1, 0.15) is 12.4 Å². The summed E-state index contributed by atoms with van der Waals surface area (Å²) in [5.74, 6) is 0.139. The Bertz CT molecular complexity index is 1440. The smallest absolute Gasteiger partial charge is 0.359 e. The quantitative estimate of drug-likeness (QED) is 0.330. The van der Waals surface area contributed by atoms with Gasteiger partial charge in [0.2, 0.25) is 0 Å². The van der Waals surface area contributed by atoms with Crippen molar-refractivity contribution in [3.05, 3.63) is 78.4 Å². The summed E-state index contributed by atoms with van der Waals surface area (Å²) in [6, 6.07) is 15.6. The van der Waals surface area contributed by atoms with Crippen LogP contribution >= 0.6 is 0 Å². The summed E-state index contributed by atoms with van der Waals surface area (Å²) in [5.41, 5.74) is 11.4. The number of ether oxygens (including phenoxy) is 2. The van der Waals surface area contributed by atoms with Crippen molar-refractivity contribution in [2.24, 2.45) is 5.73 Å². The van der Waals surface area contributed by atoms with Crippen LogP contribution in [-0.4, -0.2) is 45.9 Å². The number of aromatic nitrogens is 4. The number of hydrogen-bond donors (Lipinski definition) is 3. The maximum absolute atomic E-state index is 12.0. The molecule has 3 heterocycles. The van der Waals surface area contributed by atoms with Gasteiger partial charge in [-0.25, -0.2) is 4.79 Å². The number of rotatable bonds is 7. The van der Waals surface area contributed by atoms with Crippen molar-refractivity contribution in [2.75, 3.05) is 13.7 Å². The number of aromatic amines is 2. The molecule has 0 aliphatic rings. The van der Waals surface area contributed by atoms with Crippen molar-refractivity contribution >= 4 is 27.8 Å². The molecule has 0 radical (unpaired) electrons. The maximum atomic E-state index is 12.0. The lowest BCUT2D eigenvalue weighted by molar-refractivity contribution is 0.0596. The second-order valence-corrected chi connectivity index (χ2v) is 7.87. The Labute approximate surface area is 189 Å². The number of benzene rings is 2. The first-order chi connectivity index (χ1) is 16.1. The van der Waals surface area contributed by atoms with E-state index < -0.39 is 5.97 Å². The first kappa shape index (κ1) is 20.7. The number of nitrogens with one attached hydrogen (secondary N) is 2. The van der Waals surface area contributed by atoms with Gasteiger partial charge >= 0.3 is 5.97 Å². The van der Waals surface area contributed by atoms with Crippen molar-refractivity contribution in [1.29, 1.82) is 0 Å². The fraction of sp³-hybridized carbons (Fsp3) is 0.160. The van der Waals surface area contributed by atoms with Gasteiger partial charge in [-0.15, -0.1) is 0 Å². The minimum Gasteiger partial charge on any atom is -0.490 e. The third-order valence-corrected chi connectivity index (χ3v) is 5.61. The topological polar surface area (TPSA) is 119 Å². The van der Waals surface area contributed by atoms with Crippen LogP contribution in [0.25, 0.3) is 32.9 Å². The van der Waals surface area contributed by atoms with Crippen LogP contribution in [0.2, 0.25) is 0 Å². The van der Waals surface area contributed by atoms with Crippen LogP contribution in [0.3, 0.4) is 0 Å². The van der Waals surface area contributed by atoms with E-state index in [2.05, 4.69) is 26.2 Å². The third-order valence-electron chi connectivity index (χ3n) is 5.61. The van der Waals surface area contributed by atoms with E-state index in [-0.39, 0.29) is 11.7 Å². The number of para-hydroxylation sites is 1. The zero-order valence-electron chi connectivity index (χ0n) is 18.0. The Kier molecular flexibility index (Phi) is 5.50. The number of hydrogen-bond acceptors (Lipinski definition) is 6. The molecule has 0 fully saturated rings. The van der Waals surface area contributed by atoms with Gasteiger partial charge in [0.15, 0.2) is 5.69 Å². The van der Waals surface area contributed by atoms with Gasteiger partial charge in [-0.3, -0.25) is 10.1 Å². The van der Waals surface area contributed by atoms with E-state index in [1.807, 2.05) is 48.7 Å². The molecule has 4 N–H and O–H groups in total. The molecule has 33 heavy (non-hydrogen) atoms. The largest absolute Gasteiger partial charge is 0.490 e. The van der Waals surface area contributed by atoms with Crippen LogP contribution in [-0.2, 0) is 11.2 Å². The number of carbonyl (C=O) groups is 1. The number of methoxy groups -OCH3 is 1. The number of nitrogens with two attached hydrogens (primary N) is 1. The molecule has 1 atom stereocenters. The van der Waals surface area contributed by atoms with E-state index in [4.69, 9.17) is 15.2 Å². The average Bonchev–Trinajstić information content (AvgIpc) is 3.46. The standard InChI is InChI=1S/C25H23N5O3/c1-32-25(31)24-21-10-15(6-7-23(21)29-30-24)16-9-19(13-27-11-16)33-14-18(26)8-17-12-28-22-5-3-2-4-20(17)22/h2-7,9-13,18,28H,8,14,26H2,1H3,(H,29,30)/t18-/m0/s1. The minimum atomic E-state index is -0.488. The summed E-state index contributed by atoms with van der Waals surface area (Å²) in [7, 11) is 1.33. The van der Waals surface area contributed by atoms with E-state index in [0.29, 0.717) is 24.2 Å². The molecule has 5 aromatic rings. The molecular formula is C25H23N5O3. The molecule has 2 aromatic carbocycles. The van der Waals surface area contributed by atoms with Gasteiger partial charge in [0, 0.05) is 40.3 Å². The number of pyridine rings is 1. The van der Waals surface area contributed by atoms with E-state index >= 15 is 0 Å². The minimum absolute atomic E-state index is 0.169. The van der Waals surface area contributed by atoms with Crippen LogP contribution in [0, 0.1) is 0 Å². The molecule has 0 saturated carbocycles. The lowest BCUT2D eigenvalue weighted by Crippen LogP contribution is -2.30. The van der Waals surface area contributed by atoms with Gasteiger partial charge in [-0.1, -0.05) is 24.3 Å². The Morgan fingerprint density at radius 3 is 2.82 bits per heavy atom. The number of fused-ring (bicyclic) bond motifs is 2. The van der Waals surface area contributed by atoms with E-state index in [9.17, 15) is 4.79 Å². The van der Waals surface area contributed by atoms with Crippen LogP contribution < -0.4 is 10.5 Å². The second-order valence-electron chi connectivity index (χ2n) is 7.87. The van der Waals surface area contributed by atoms with Gasteiger partial charge < -0.3 is 20.2 Å². The molecule has 3 aromatic heterocycles. The molecule has 0 unspecified atom stereocenters. The lowest BCUT2D eigenvalue weighted by atomic mass is 10.0. The van der Waals surface area contributed by atoms with Crippen molar-refractivity contribution in [3.63, 3.8) is 0 Å². The summed E-state index contributed by atoms with van der Waals surface area (Å²) in [6.07, 6.45) is 6.11. The Balaban J connectivity index is 1.30. The summed E-state index contributed by atoms with van der Waals surface area (Å²) < 4.78 is 10.8. The lowest BCUT2D eigenvalue weighted by Gasteiger charge is -2.13. The highest BCUT2D eigenvalue weighted by Crippen LogP contribution is 2.27. The summed E-state index contributed by atoms with van der Waals surface area (Å²) >= 11 is 0. The third kappa shape index (κ3) is 4.16. The maximum Gasteiger partial charge on any atom is 0.359 e. The Hall–Kier alpha value is -4.17.